The molecule has 0 spiro atoms. The fraction of sp³-hybridized carbons (Fsp3) is 0.400. The van der Waals surface area contributed by atoms with E-state index in [1.165, 1.54) is 0 Å². The second-order valence-electron chi connectivity index (χ2n) is 10.1. The number of nitrogens with zero attached hydrogens (tertiary/aromatic N) is 5. The van der Waals surface area contributed by atoms with Gasteiger partial charge >= 0.3 is 0 Å². The molecule has 0 atom stereocenters. The molecule has 5 heterocycles. The highest BCUT2D eigenvalue weighted by Crippen LogP contribution is 2.34. The minimum atomic E-state index is -1.01. The number of carbonyl (C=O) groups excluding carboxylic acids is 1. The molecule has 1 fully saturated rings. The maximum Gasteiger partial charge on any atom is 0.269 e. The van der Waals surface area contributed by atoms with Crippen LogP contribution in [0.2, 0.25) is 0 Å². The molecule has 0 aliphatic carbocycles. The summed E-state index contributed by atoms with van der Waals surface area (Å²) in [6.07, 6.45) is 2.76. The Morgan fingerprint density at radius 3 is 2.68 bits per heavy atom. The number of halogens is 1. The molecule has 3 aromatic rings. The van der Waals surface area contributed by atoms with Gasteiger partial charge < -0.3 is 30.3 Å². The molecule has 5 rings (SSSR count). The SMILES string of the molecule is Cc1cc(Nc2ncc(F)c(Nc3ccc4c(n3)NC(=O)C(C)(C)O4)n2)cnc1N1CCOC(C)(C)C1. The van der Waals surface area contributed by atoms with Crippen LogP contribution in [0.3, 0.4) is 0 Å². The molecule has 1 amide bonds. The summed E-state index contributed by atoms with van der Waals surface area (Å²) >= 11 is 0. The largest absolute Gasteiger partial charge is 0.474 e. The van der Waals surface area contributed by atoms with Crippen molar-refractivity contribution in [2.75, 3.05) is 40.5 Å². The Bertz CT molecular complexity index is 1360. The first-order valence-electron chi connectivity index (χ1n) is 11.9. The van der Waals surface area contributed by atoms with Crippen molar-refractivity contribution in [3.63, 3.8) is 0 Å². The molecule has 0 aromatic carbocycles. The molecular formula is C25H29FN8O3. The lowest BCUT2D eigenvalue weighted by Gasteiger charge is -2.39. The fourth-order valence-corrected chi connectivity index (χ4v) is 4.20. The van der Waals surface area contributed by atoms with Crippen LogP contribution in [0.1, 0.15) is 33.3 Å². The van der Waals surface area contributed by atoms with Crippen LogP contribution in [0.15, 0.2) is 30.6 Å². The van der Waals surface area contributed by atoms with Gasteiger partial charge in [-0.2, -0.15) is 4.98 Å². The zero-order chi connectivity index (χ0) is 26.4. The molecule has 194 valence electrons. The third-order valence-electron chi connectivity index (χ3n) is 6.02. The van der Waals surface area contributed by atoms with Crippen molar-refractivity contribution < 1.29 is 18.7 Å². The average Bonchev–Trinajstić information content (AvgIpc) is 2.81. The highest BCUT2D eigenvalue weighted by molar-refractivity contribution is 5.99. The maximum atomic E-state index is 14.5. The predicted molar refractivity (Wildman–Crippen MR) is 137 cm³/mol. The molecule has 12 heteroatoms. The average molecular weight is 509 g/mol. The summed E-state index contributed by atoms with van der Waals surface area (Å²) in [5.74, 6) is 0.957. The highest BCUT2D eigenvalue weighted by atomic mass is 19.1. The minimum absolute atomic E-state index is 0.0785. The van der Waals surface area contributed by atoms with Crippen LogP contribution < -0.4 is 25.6 Å². The van der Waals surface area contributed by atoms with Gasteiger partial charge in [0.2, 0.25) is 5.95 Å². The van der Waals surface area contributed by atoms with E-state index in [1.54, 1.807) is 32.2 Å². The summed E-state index contributed by atoms with van der Waals surface area (Å²) in [7, 11) is 0. The molecule has 0 bridgehead atoms. The highest BCUT2D eigenvalue weighted by Gasteiger charge is 2.36. The number of rotatable bonds is 5. The van der Waals surface area contributed by atoms with Crippen molar-refractivity contribution in [2.24, 2.45) is 0 Å². The van der Waals surface area contributed by atoms with Crippen molar-refractivity contribution in [1.82, 2.24) is 19.9 Å². The van der Waals surface area contributed by atoms with Gasteiger partial charge in [0.15, 0.2) is 28.8 Å². The van der Waals surface area contributed by atoms with Gasteiger partial charge in [-0.3, -0.25) is 4.79 Å². The molecule has 3 aromatic heterocycles. The first-order chi connectivity index (χ1) is 17.5. The summed E-state index contributed by atoms with van der Waals surface area (Å²) in [6, 6.07) is 5.20. The van der Waals surface area contributed by atoms with E-state index < -0.39 is 11.4 Å². The third kappa shape index (κ3) is 5.24. The minimum Gasteiger partial charge on any atom is -0.474 e. The monoisotopic (exact) mass is 508 g/mol. The van der Waals surface area contributed by atoms with Crippen LogP contribution in [0.25, 0.3) is 0 Å². The predicted octanol–water partition coefficient (Wildman–Crippen LogP) is 3.93. The number of carbonyl (C=O) groups is 1. The van der Waals surface area contributed by atoms with E-state index in [-0.39, 0.29) is 34.9 Å². The van der Waals surface area contributed by atoms with E-state index in [4.69, 9.17) is 9.47 Å². The Morgan fingerprint density at radius 2 is 1.92 bits per heavy atom. The Hall–Kier alpha value is -4.06. The number of hydrogen-bond acceptors (Lipinski definition) is 10. The Labute approximate surface area is 213 Å². The van der Waals surface area contributed by atoms with Gasteiger partial charge in [-0.25, -0.2) is 19.3 Å². The first-order valence-corrected chi connectivity index (χ1v) is 11.9. The van der Waals surface area contributed by atoms with Crippen LogP contribution in [-0.2, 0) is 9.53 Å². The van der Waals surface area contributed by atoms with Crippen LogP contribution in [0, 0.1) is 12.7 Å². The summed E-state index contributed by atoms with van der Waals surface area (Å²) in [4.78, 5) is 31.6. The number of aromatic nitrogens is 4. The number of pyridine rings is 2. The number of morpholine rings is 1. The summed E-state index contributed by atoms with van der Waals surface area (Å²) in [6.45, 7) is 11.6. The molecule has 0 unspecified atom stereocenters. The quantitative estimate of drug-likeness (QED) is 0.467. The van der Waals surface area contributed by atoms with Crippen LogP contribution in [0.4, 0.5) is 39.3 Å². The summed E-state index contributed by atoms with van der Waals surface area (Å²) < 4.78 is 26.0. The molecule has 0 radical (unpaired) electrons. The molecule has 2 aliphatic rings. The zero-order valence-corrected chi connectivity index (χ0v) is 21.3. The van der Waals surface area contributed by atoms with Crippen LogP contribution >= 0.6 is 0 Å². The van der Waals surface area contributed by atoms with Crippen molar-refractivity contribution in [3.05, 3.63) is 42.0 Å². The van der Waals surface area contributed by atoms with E-state index in [0.29, 0.717) is 18.0 Å². The third-order valence-corrected chi connectivity index (χ3v) is 6.02. The molecule has 2 aliphatic heterocycles. The van der Waals surface area contributed by atoms with Gasteiger partial charge in [0, 0.05) is 13.1 Å². The number of aryl methyl sites for hydroxylation is 1. The van der Waals surface area contributed by atoms with Crippen LogP contribution in [0.5, 0.6) is 5.75 Å². The Kier molecular flexibility index (Phi) is 6.06. The van der Waals surface area contributed by atoms with E-state index in [2.05, 4.69) is 54.6 Å². The van der Waals surface area contributed by atoms with Crippen molar-refractivity contribution in [2.45, 2.75) is 45.8 Å². The first kappa shape index (κ1) is 24.6. The fourth-order valence-electron chi connectivity index (χ4n) is 4.20. The number of amides is 1. The Balaban J connectivity index is 1.31. The Morgan fingerprint density at radius 1 is 1.11 bits per heavy atom. The lowest BCUT2D eigenvalue weighted by atomic mass is 10.1. The number of ether oxygens (including phenoxy) is 2. The molecular weight excluding hydrogens is 479 g/mol. The van der Waals surface area contributed by atoms with Crippen molar-refractivity contribution >= 4 is 40.8 Å². The number of fused-ring (bicyclic) bond motifs is 1. The number of anilines is 6. The smallest absolute Gasteiger partial charge is 0.269 e. The van der Waals surface area contributed by atoms with Gasteiger partial charge in [0.05, 0.1) is 30.3 Å². The second kappa shape index (κ2) is 9.11. The van der Waals surface area contributed by atoms with E-state index in [9.17, 15) is 9.18 Å². The standard InChI is InChI=1S/C25H29FN8O3/c1-14-10-15(11-27-21(14)34-8-9-36-24(2,3)13-34)29-23-28-12-16(26)19(33-23)30-18-7-6-17-20(31-18)32-22(35)25(4,5)37-17/h6-7,10-12H,8-9,13H2,1-5H3,(H3,28,29,30,31,32,33,35). The topological polar surface area (TPSA) is 126 Å². The van der Waals surface area contributed by atoms with Crippen molar-refractivity contribution in [1.29, 1.82) is 0 Å². The molecule has 1 saturated heterocycles. The lowest BCUT2D eigenvalue weighted by molar-refractivity contribution is -0.129. The molecule has 3 N–H and O–H groups in total. The van der Waals surface area contributed by atoms with Crippen LogP contribution in [-0.4, -0.2) is 56.7 Å². The molecule has 0 saturated carbocycles. The van der Waals surface area contributed by atoms with Gasteiger partial charge in [-0.15, -0.1) is 0 Å². The summed E-state index contributed by atoms with van der Waals surface area (Å²) in [5, 5.41) is 8.62. The zero-order valence-electron chi connectivity index (χ0n) is 21.3. The normalized spacial score (nSPS) is 17.9. The van der Waals surface area contributed by atoms with Gasteiger partial charge in [-0.1, -0.05) is 0 Å². The number of nitrogens with one attached hydrogen (secondary N) is 3. The van der Waals surface area contributed by atoms with E-state index in [1.807, 2.05) is 13.0 Å². The van der Waals surface area contributed by atoms with E-state index in [0.717, 1.165) is 30.7 Å². The van der Waals surface area contributed by atoms with Crippen molar-refractivity contribution in [3.8, 4) is 5.75 Å². The van der Waals surface area contributed by atoms with Gasteiger partial charge in [-0.05, 0) is 58.4 Å². The molecule has 37 heavy (non-hydrogen) atoms. The summed E-state index contributed by atoms with van der Waals surface area (Å²) in [5.41, 5.74) is 0.402. The second-order valence-corrected chi connectivity index (χ2v) is 10.1. The van der Waals surface area contributed by atoms with Gasteiger partial charge in [0.1, 0.15) is 11.6 Å². The van der Waals surface area contributed by atoms with E-state index >= 15 is 0 Å². The maximum absolute atomic E-state index is 14.5. The van der Waals surface area contributed by atoms with Gasteiger partial charge in [0.25, 0.3) is 5.91 Å². The number of hydrogen-bond donors (Lipinski definition) is 3. The molecule has 11 nitrogen and oxygen atoms in total. The lowest BCUT2D eigenvalue weighted by Crippen LogP contribution is -2.48.